The summed E-state index contributed by atoms with van der Waals surface area (Å²) < 4.78 is 12.0. The Labute approximate surface area is 178 Å². The van der Waals surface area contributed by atoms with Gasteiger partial charge < -0.3 is 14.5 Å². The van der Waals surface area contributed by atoms with Gasteiger partial charge in [0, 0.05) is 0 Å². The Morgan fingerprint density at radius 3 is 2.69 bits per heavy atom. The van der Waals surface area contributed by atoms with Gasteiger partial charge in [-0.1, -0.05) is 5.92 Å². The van der Waals surface area contributed by atoms with E-state index in [1.165, 1.54) is 5.56 Å². The molecule has 1 aromatic heterocycles. The van der Waals surface area contributed by atoms with Gasteiger partial charge in [-0.05, 0) is 83.7 Å². The molecular weight excluding hydrogens is 430 g/mol. The second-order valence-corrected chi connectivity index (χ2v) is 7.32. The van der Waals surface area contributed by atoms with Gasteiger partial charge in [0.25, 0.3) is 0 Å². The number of aromatic amines is 1. The van der Waals surface area contributed by atoms with E-state index in [-0.39, 0.29) is 6.61 Å². The first-order chi connectivity index (χ1) is 14.0. The average Bonchev–Trinajstić information content (AvgIpc) is 3.08. The molecular formula is C23H20BrN3O2. The van der Waals surface area contributed by atoms with Crippen LogP contribution in [0.25, 0.3) is 22.7 Å². The normalized spacial score (nSPS) is 11.2. The molecule has 5 nitrogen and oxygen atoms in total. The molecule has 0 spiro atoms. The number of ether oxygens (including phenoxy) is 2. The topological polar surface area (TPSA) is 70.9 Å². The molecule has 0 radical (unpaired) electrons. The van der Waals surface area contributed by atoms with Crippen LogP contribution >= 0.6 is 15.9 Å². The van der Waals surface area contributed by atoms with Crippen LogP contribution in [0.2, 0.25) is 0 Å². The van der Waals surface area contributed by atoms with Crippen LogP contribution in [-0.4, -0.2) is 23.2 Å². The third-order valence-electron chi connectivity index (χ3n) is 4.42. The summed E-state index contributed by atoms with van der Waals surface area (Å²) in [5.74, 6) is 4.06. The number of hydrogen-bond acceptors (Lipinski definition) is 4. The number of hydrogen-bond donors (Lipinski definition) is 1. The highest BCUT2D eigenvalue weighted by Crippen LogP contribution is 2.38. The van der Waals surface area contributed by atoms with E-state index in [0.717, 1.165) is 22.2 Å². The van der Waals surface area contributed by atoms with Crippen molar-refractivity contribution in [2.24, 2.45) is 0 Å². The van der Waals surface area contributed by atoms with Gasteiger partial charge in [0.2, 0.25) is 0 Å². The molecule has 0 bridgehead atoms. The number of nitrogens with one attached hydrogen (secondary N) is 1. The minimum atomic E-state index is 0.134. The lowest BCUT2D eigenvalue weighted by Gasteiger charge is -2.13. The molecule has 146 valence electrons. The Kier molecular flexibility index (Phi) is 6.26. The number of H-pyrrole nitrogens is 1. The van der Waals surface area contributed by atoms with Crippen LogP contribution in [-0.2, 0) is 0 Å². The number of allylic oxidation sites excluding steroid dienone is 1. The molecule has 0 atom stereocenters. The zero-order valence-electron chi connectivity index (χ0n) is 16.5. The van der Waals surface area contributed by atoms with Gasteiger partial charge in [-0.3, -0.25) is 0 Å². The third kappa shape index (κ3) is 4.45. The fraction of sp³-hybridized carbons (Fsp3) is 0.217. The number of nitrogens with zero attached hydrogens (tertiary/aromatic N) is 2. The predicted octanol–water partition coefficient (Wildman–Crippen LogP) is 5.42. The van der Waals surface area contributed by atoms with Crippen molar-refractivity contribution >= 4 is 38.6 Å². The molecule has 0 aliphatic rings. The van der Waals surface area contributed by atoms with Gasteiger partial charge >= 0.3 is 0 Å². The molecule has 0 unspecified atom stereocenters. The number of imidazole rings is 1. The van der Waals surface area contributed by atoms with Crippen molar-refractivity contribution < 1.29 is 9.47 Å². The molecule has 0 amide bonds. The highest BCUT2D eigenvalue weighted by Gasteiger charge is 2.14. The minimum Gasteiger partial charge on any atom is -0.490 e. The van der Waals surface area contributed by atoms with E-state index in [1.807, 2.05) is 45.0 Å². The third-order valence-corrected chi connectivity index (χ3v) is 5.00. The number of halogens is 1. The van der Waals surface area contributed by atoms with Crippen LogP contribution < -0.4 is 9.47 Å². The molecule has 2 aromatic carbocycles. The molecule has 29 heavy (non-hydrogen) atoms. The van der Waals surface area contributed by atoms with E-state index < -0.39 is 0 Å². The first-order valence-electron chi connectivity index (χ1n) is 9.08. The van der Waals surface area contributed by atoms with E-state index in [0.29, 0.717) is 34.0 Å². The zero-order valence-corrected chi connectivity index (χ0v) is 18.1. The van der Waals surface area contributed by atoms with Gasteiger partial charge in [0.15, 0.2) is 11.5 Å². The summed E-state index contributed by atoms with van der Waals surface area (Å²) in [5.41, 5.74) is 5.26. The van der Waals surface area contributed by atoms with Crippen LogP contribution in [0, 0.1) is 37.5 Å². The van der Waals surface area contributed by atoms with Gasteiger partial charge in [-0.15, -0.1) is 6.42 Å². The number of terminal acetylenes is 1. The SMILES string of the molecule is C#CCOc1c(Br)cc(/C=C(/C#N)c2nc3cc(C)c(C)cc3[nH]2)cc1OCC. The van der Waals surface area contributed by atoms with Crippen LogP contribution in [0.5, 0.6) is 11.5 Å². The second kappa shape index (κ2) is 8.86. The number of nitriles is 1. The minimum absolute atomic E-state index is 0.134. The maximum Gasteiger partial charge on any atom is 0.176 e. The first kappa shape index (κ1) is 20.5. The average molecular weight is 450 g/mol. The smallest absolute Gasteiger partial charge is 0.176 e. The number of fused-ring (bicyclic) bond motifs is 1. The lowest BCUT2D eigenvalue weighted by Crippen LogP contribution is -2.00. The molecule has 1 heterocycles. The van der Waals surface area contributed by atoms with Crippen molar-refractivity contribution in [2.45, 2.75) is 20.8 Å². The highest BCUT2D eigenvalue weighted by atomic mass is 79.9. The Morgan fingerprint density at radius 1 is 1.24 bits per heavy atom. The molecule has 0 saturated carbocycles. The molecule has 0 aliphatic heterocycles. The Balaban J connectivity index is 2.05. The summed E-state index contributed by atoms with van der Waals surface area (Å²) in [6.45, 7) is 6.59. The summed E-state index contributed by atoms with van der Waals surface area (Å²) in [4.78, 5) is 7.82. The molecule has 0 fully saturated rings. The largest absolute Gasteiger partial charge is 0.490 e. The Morgan fingerprint density at radius 2 is 2.00 bits per heavy atom. The van der Waals surface area contributed by atoms with Gasteiger partial charge in [0.05, 0.1) is 27.7 Å². The van der Waals surface area contributed by atoms with Crippen LogP contribution in [0.1, 0.15) is 29.4 Å². The number of rotatable bonds is 6. The molecule has 6 heteroatoms. The molecule has 0 aliphatic carbocycles. The first-order valence-corrected chi connectivity index (χ1v) is 9.87. The fourth-order valence-electron chi connectivity index (χ4n) is 2.91. The summed E-state index contributed by atoms with van der Waals surface area (Å²) in [7, 11) is 0. The van der Waals surface area contributed by atoms with Crippen molar-refractivity contribution in [2.75, 3.05) is 13.2 Å². The van der Waals surface area contributed by atoms with Crippen molar-refractivity contribution in [1.29, 1.82) is 5.26 Å². The lowest BCUT2D eigenvalue weighted by atomic mass is 10.1. The molecule has 1 N–H and O–H groups in total. The van der Waals surface area contributed by atoms with Crippen LogP contribution in [0.4, 0.5) is 0 Å². The van der Waals surface area contributed by atoms with E-state index >= 15 is 0 Å². The summed E-state index contributed by atoms with van der Waals surface area (Å²) in [5, 5.41) is 9.72. The van der Waals surface area contributed by atoms with Crippen molar-refractivity contribution in [3.63, 3.8) is 0 Å². The molecule has 3 aromatic rings. The van der Waals surface area contributed by atoms with E-state index in [1.54, 1.807) is 6.08 Å². The Bertz CT molecular complexity index is 1140. The van der Waals surface area contributed by atoms with Gasteiger partial charge in [0.1, 0.15) is 18.5 Å². The van der Waals surface area contributed by atoms with E-state index in [4.69, 9.17) is 15.9 Å². The second-order valence-electron chi connectivity index (χ2n) is 6.46. The van der Waals surface area contributed by atoms with Crippen LogP contribution in [0.3, 0.4) is 0 Å². The van der Waals surface area contributed by atoms with E-state index in [9.17, 15) is 5.26 Å². The maximum atomic E-state index is 9.72. The number of aryl methyl sites for hydroxylation is 2. The molecule has 3 rings (SSSR count). The van der Waals surface area contributed by atoms with Crippen molar-refractivity contribution in [1.82, 2.24) is 9.97 Å². The molecule has 0 saturated heterocycles. The number of aromatic nitrogens is 2. The zero-order chi connectivity index (χ0) is 21.0. The lowest BCUT2D eigenvalue weighted by molar-refractivity contribution is 0.298. The van der Waals surface area contributed by atoms with Crippen molar-refractivity contribution in [3.05, 3.63) is 51.3 Å². The Hall–Kier alpha value is -3.22. The van der Waals surface area contributed by atoms with Crippen LogP contribution in [0.15, 0.2) is 28.7 Å². The fourth-order valence-corrected chi connectivity index (χ4v) is 3.48. The van der Waals surface area contributed by atoms with E-state index in [2.05, 4.69) is 37.9 Å². The summed E-state index contributed by atoms with van der Waals surface area (Å²) in [6.07, 6.45) is 7.05. The summed E-state index contributed by atoms with van der Waals surface area (Å²) >= 11 is 3.50. The number of benzene rings is 2. The predicted molar refractivity (Wildman–Crippen MR) is 119 cm³/mol. The maximum absolute atomic E-state index is 9.72. The summed E-state index contributed by atoms with van der Waals surface area (Å²) in [6, 6.07) is 9.95. The standard InChI is InChI=1S/C23H20BrN3O2/c1-5-7-29-22-18(24)11-16(12-21(22)28-6-2)10-17(13-25)23-26-19-8-14(3)15(4)9-20(19)27-23/h1,8-12H,6-7H2,2-4H3,(H,26,27)/b17-10-. The van der Waals surface area contributed by atoms with Gasteiger partial charge in [-0.25, -0.2) is 4.98 Å². The monoisotopic (exact) mass is 449 g/mol. The highest BCUT2D eigenvalue weighted by molar-refractivity contribution is 9.10. The van der Waals surface area contributed by atoms with Gasteiger partial charge in [-0.2, -0.15) is 5.26 Å². The van der Waals surface area contributed by atoms with Crippen molar-refractivity contribution in [3.8, 4) is 29.9 Å². The quantitative estimate of drug-likeness (QED) is 0.402.